The summed E-state index contributed by atoms with van der Waals surface area (Å²) in [4.78, 5) is 20.3. The van der Waals surface area contributed by atoms with Gasteiger partial charge in [0.1, 0.15) is 5.82 Å². The monoisotopic (exact) mass is 451 g/mol. The fraction of sp³-hybridized carbons (Fsp3) is 0.400. The van der Waals surface area contributed by atoms with Crippen molar-refractivity contribution in [2.45, 2.75) is 48.7 Å². The van der Waals surface area contributed by atoms with E-state index in [9.17, 15) is 17.8 Å². The Morgan fingerprint density at radius 2 is 2.00 bits per heavy atom. The highest BCUT2D eigenvalue weighted by molar-refractivity contribution is 7.85. The average molecular weight is 451 g/mol. The highest BCUT2D eigenvalue weighted by atomic mass is 32.2. The van der Waals surface area contributed by atoms with E-state index in [0.29, 0.717) is 27.7 Å². The molecule has 3 rings (SSSR count). The average Bonchev–Trinajstić information content (AvgIpc) is 2.74. The van der Waals surface area contributed by atoms with Gasteiger partial charge < -0.3 is 15.5 Å². The van der Waals surface area contributed by atoms with Crippen molar-refractivity contribution in [3.05, 3.63) is 36.3 Å². The van der Waals surface area contributed by atoms with Crippen molar-refractivity contribution in [3.63, 3.8) is 0 Å². The number of alkyl halides is 2. The van der Waals surface area contributed by atoms with Crippen molar-refractivity contribution in [2.24, 2.45) is 0 Å². The van der Waals surface area contributed by atoms with Crippen LogP contribution in [0.2, 0.25) is 0 Å². The summed E-state index contributed by atoms with van der Waals surface area (Å²) in [7, 11) is -1.48. The van der Waals surface area contributed by atoms with E-state index in [1.54, 1.807) is 19.1 Å². The number of amides is 1. The van der Waals surface area contributed by atoms with Gasteiger partial charge in [0.25, 0.3) is 0 Å². The number of halogens is 2. The van der Waals surface area contributed by atoms with Gasteiger partial charge in [-0.1, -0.05) is 0 Å². The molecule has 11 heteroatoms. The zero-order chi connectivity index (χ0) is 22.4. The van der Waals surface area contributed by atoms with Crippen LogP contribution in [0, 0.1) is 5.41 Å². The lowest BCUT2D eigenvalue weighted by atomic mass is 9.96. The summed E-state index contributed by atoms with van der Waals surface area (Å²) < 4.78 is 44.4. The van der Waals surface area contributed by atoms with Gasteiger partial charge in [0.15, 0.2) is 0 Å². The molecule has 2 aromatic rings. The summed E-state index contributed by atoms with van der Waals surface area (Å²) >= 11 is 0. The van der Waals surface area contributed by atoms with Crippen LogP contribution in [-0.4, -0.2) is 44.3 Å². The zero-order valence-electron chi connectivity index (χ0n) is 16.9. The molecule has 31 heavy (non-hydrogen) atoms. The van der Waals surface area contributed by atoms with Gasteiger partial charge in [0.2, 0.25) is 5.92 Å². The number of nitrogens with zero attached hydrogens (tertiary/aromatic N) is 2. The lowest BCUT2D eigenvalue weighted by molar-refractivity contribution is -0.0326. The van der Waals surface area contributed by atoms with Gasteiger partial charge in [0, 0.05) is 36.1 Å². The molecule has 8 nitrogen and oxygen atoms in total. The summed E-state index contributed by atoms with van der Waals surface area (Å²) in [5.74, 6) is -2.35. The molecule has 166 valence electrons. The fourth-order valence-electron chi connectivity index (χ4n) is 3.20. The normalized spacial score (nSPS) is 16.9. The number of ether oxygens (including phenoxy) is 1. The van der Waals surface area contributed by atoms with Gasteiger partial charge in [-0.2, -0.15) is 0 Å². The van der Waals surface area contributed by atoms with Crippen LogP contribution in [0.15, 0.2) is 35.6 Å². The number of anilines is 3. The number of nitrogens with one attached hydrogen (secondary N) is 3. The lowest BCUT2D eigenvalue weighted by Gasteiger charge is -2.27. The molecule has 2 aromatic heterocycles. The number of carbonyl (C=O) groups is 1. The Morgan fingerprint density at radius 1 is 1.29 bits per heavy atom. The number of hydrogen-bond donors (Lipinski definition) is 3. The van der Waals surface area contributed by atoms with Crippen molar-refractivity contribution >= 4 is 40.3 Å². The fourth-order valence-corrected chi connectivity index (χ4v) is 4.65. The van der Waals surface area contributed by atoms with E-state index in [4.69, 9.17) is 10.1 Å². The van der Waals surface area contributed by atoms with Crippen LogP contribution in [0.25, 0.3) is 0 Å². The van der Waals surface area contributed by atoms with Crippen LogP contribution in [0.5, 0.6) is 0 Å². The summed E-state index contributed by atoms with van der Waals surface area (Å²) in [6.07, 6.45) is 4.69. The Hall–Kier alpha value is -2.95. The summed E-state index contributed by atoms with van der Waals surface area (Å²) in [5, 5.41) is 12.9. The molecule has 0 aromatic carbocycles. The molecule has 1 saturated carbocycles. The van der Waals surface area contributed by atoms with Crippen molar-refractivity contribution in [1.29, 1.82) is 5.41 Å². The van der Waals surface area contributed by atoms with Gasteiger partial charge in [-0.05, 0) is 31.9 Å². The molecule has 1 fully saturated rings. The number of rotatable bonds is 7. The third-order valence-electron chi connectivity index (χ3n) is 4.77. The van der Waals surface area contributed by atoms with Crippen molar-refractivity contribution in [1.82, 2.24) is 9.97 Å². The minimum absolute atomic E-state index is 0.186. The minimum atomic E-state index is -2.68. The quantitative estimate of drug-likeness (QED) is 0.535. The second kappa shape index (κ2) is 9.90. The van der Waals surface area contributed by atoms with Gasteiger partial charge in [0.05, 0.1) is 46.1 Å². The first-order valence-corrected chi connectivity index (χ1v) is 11.0. The van der Waals surface area contributed by atoms with E-state index in [0.717, 1.165) is 6.21 Å². The Bertz CT molecular complexity index is 979. The minimum Gasteiger partial charge on any atom is -0.450 e. The van der Waals surface area contributed by atoms with Crippen molar-refractivity contribution < 1.29 is 22.5 Å². The Kier molecular flexibility index (Phi) is 7.26. The molecule has 1 amide bonds. The van der Waals surface area contributed by atoms with E-state index in [1.807, 2.05) is 0 Å². The van der Waals surface area contributed by atoms with Crippen LogP contribution in [0.4, 0.5) is 30.8 Å². The summed E-state index contributed by atoms with van der Waals surface area (Å²) in [6.45, 7) is 1.93. The standard InChI is InChI=1S/C20H23F2N5O3S/c1-2-30-19(28)27-15-8-14(10-24-11-15)26-18-13(9-23)7-17(12-25-18)31(29)16-3-5-20(21,22)6-4-16/h7-12,16,23H,2-6H2,1H3,(H,25,26)(H,27,28). The second-order valence-electron chi connectivity index (χ2n) is 7.04. The van der Waals surface area contributed by atoms with Gasteiger partial charge in [-0.15, -0.1) is 0 Å². The maximum atomic E-state index is 13.4. The third kappa shape index (κ3) is 6.03. The molecule has 1 atom stereocenters. The summed E-state index contributed by atoms with van der Waals surface area (Å²) in [5.41, 5.74) is 1.30. The number of carbonyl (C=O) groups excluding carboxylic acids is 1. The molecular weight excluding hydrogens is 428 g/mol. The SMILES string of the molecule is CCOC(=O)Nc1cncc(Nc2ncc(S(=O)C3CCC(F)(F)CC3)cc2C=N)c1. The molecule has 0 saturated heterocycles. The first-order chi connectivity index (χ1) is 14.8. The molecule has 0 spiro atoms. The lowest BCUT2D eigenvalue weighted by Crippen LogP contribution is -2.30. The first kappa shape index (κ1) is 22.7. The van der Waals surface area contributed by atoms with E-state index in [1.165, 1.54) is 18.6 Å². The van der Waals surface area contributed by atoms with Gasteiger partial charge in [-0.3, -0.25) is 14.5 Å². The maximum Gasteiger partial charge on any atom is 0.411 e. The smallest absolute Gasteiger partial charge is 0.411 e. The van der Waals surface area contributed by atoms with Crippen LogP contribution < -0.4 is 10.6 Å². The molecule has 2 heterocycles. The van der Waals surface area contributed by atoms with E-state index >= 15 is 0 Å². The number of pyridine rings is 2. The first-order valence-electron chi connectivity index (χ1n) is 9.76. The van der Waals surface area contributed by atoms with Crippen LogP contribution in [0.1, 0.15) is 38.2 Å². The molecule has 1 aliphatic carbocycles. The van der Waals surface area contributed by atoms with Crippen LogP contribution in [-0.2, 0) is 15.5 Å². The number of aromatic nitrogens is 2. The predicted molar refractivity (Wildman–Crippen MR) is 114 cm³/mol. The van der Waals surface area contributed by atoms with E-state index in [-0.39, 0.29) is 37.5 Å². The van der Waals surface area contributed by atoms with Crippen LogP contribution in [0.3, 0.4) is 0 Å². The molecule has 0 radical (unpaired) electrons. The molecule has 0 bridgehead atoms. The topological polar surface area (TPSA) is 117 Å². The molecule has 0 aliphatic heterocycles. The van der Waals surface area contributed by atoms with E-state index in [2.05, 4.69) is 20.6 Å². The van der Waals surface area contributed by atoms with E-state index < -0.39 is 22.8 Å². The highest BCUT2D eigenvalue weighted by Gasteiger charge is 2.37. The zero-order valence-corrected chi connectivity index (χ0v) is 17.7. The molecular formula is C20H23F2N5O3S. The largest absolute Gasteiger partial charge is 0.450 e. The predicted octanol–water partition coefficient (Wildman–Crippen LogP) is 4.47. The van der Waals surface area contributed by atoms with Gasteiger partial charge in [-0.25, -0.2) is 18.6 Å². The highest BCUT2D eigenvalue weighted by Crippen LogP contribution is 2.36. The molecule has 1 unspecified atom stereocenters. The Labute approximate surface area is 180 Å². The maximum absolute atomic E-state index is 13.4. The van der Waals surface area contributed by atoms with Crippen molar-refractivity contribution in [2.75, 3.05) is 17.2 Å². The number of hydrogen-bond acceptors (Lipinski definition) is 7. The Balaban J connectivity index is 1.73. The van der Waals surface area contributed by atoms with Crippen LogP contribution >= 0.6 is 0 Å². The summed E-state index contributed by atoms with van der Waals surface area (Å²) in [6, 6.07) is 3.19. The second-order valence-corrected chi connectivity index (χ2v) is 8.77. The molecule has 3 N–H and O–H groups in total. The Morgan fingerprint density at radius 3 is 2.68 bits per heavy atom. The van der Waals surface area contributed by atoms with Crippen molar-refractivity contribution in [3.8, 4) is 0 Å². The molecule has 1 aliphatic rings. The third-order valence-corrected chi connectivity index (χ3v) is 6.53. The van der Waals surface area contributed by atoms with Gasteiger partial charge >= 0.3 is 6.09 Å².